The van der Waals surface area contributed by atoms with E-state index in [9.17, 15) is 9.59 Å². The van der Waals surface area contributed by atoms with Crippen molar-refractivity contribution in [1.29, 1.82) is 0 Å². The van der Waals surface area contributed by atoms with Crippen LogP contribution in [0, 0.1) is 5.92 Å². The molecule has 1 aliphatic rings. The quantitative estimate of drug-likeness (QED) is 0.758. The Kier molecular flexibility index (Phi) is 5.44. The average Bonchev–Trinajstić information content (AvgIpc) is 3.07. The molecule has 0 aromatic rings. The van der Waals surface area contributed by atoms with Gasteiger partial charge in [0.05, 0.1) is 0 Å². The Balaban J connectivity index is 2.39. The van der Waals surface area contributed by atoms with Gasteiger partial charge in [-0.15, -0.1) is 0 Å². The standard InChI is InChI=1S/C13H24N2O3/c1-10(2)15(9-11-6-7-11)13(18)14(3)8-4-5-12(16)17/h10-11H,4-9H2,1-3H3,(H,16,17). The zero-order chi connectivity index (χ0) is 13.7. The van der Waals surface area contributed by atoms with E-state index in [2.05, 4.69) is 0 Å². The zero-order valence-electron chi connectivity index (χ0n) is 11.6. The van der Waals surface area contributed by atoms with Crippen LogP contribution in [0.25, 0.3) is 0 Å². The van der Waals surface area contributed by atoms with Gasteiger partial charge >= 0.3 is 12.0 Å². The fraction of sp³-hybridized carbons (Fsp3) is 0.846. The number of rotatable bonds is 7. The Morgan fingerprint density at radius 1 is 1.33 bits per heavy atom. The van der Waals surface area contributed by atoms with Crippen molar-refractivity contribution in [3.05, 3.63) is 0 Å². The van der Waals surface area contributed by atoms with E-state index in [0.717, 1.165) is 6.54 Å². The Morgan fingerprint density at radius 2 is 1.94 bits per heavy atom. The molecule has 5 heteroatoms. The molecule has 2 amide bonds. The molecule has 0 bridgehead atoms. The topological polar surface area (TPSA) is 60.9 Å². The summed E-state index contributed by atoms with van der Waals surface area (Å²) in [7, 11) is 1.74. The molecule has 0 atom stereocenters. The molecule has 1 aliphatic carbocycles. The number of carbonyl (C=O) groups is 2. The molecule has 0 aromatic carbocycles. The number of carboxylic acid groups (broad SMARTS) is 1. The van der Waals surface area contributed by atoms with Crippen molar-refractivity contribution >= 4 is 12.0 Å². The van der Waals surface area contributed by atoms with Crippen LogP contribution in [0.15, 0.2) is 0 Å². The third-order valence-electron chi connectivity index (χ3n) is 3.23. The minimum atomic E-state index is -0.811. The number of amides is 2. The van der Waals surface area contributed by atoms with Gasteiger partial charge in [-0.1, -0.05) is 0 Å². The smallest absolute Gasteiger partial charge is 0.319 e. The summed E-state index contributed by atoms with van der Waals surface area (Å²) in [6.45, 7) is 5.37. The fourth-order valence-corrected chi connectivity index (χ4v) is 1.87. The van der Waals surface area contributed by atoms with Gasteiger partial charge in [-0.25, -0.2) is 4.79 Å². The maximum absolute atomic E-state index is 12.2. The monoisotopic (exact) mass is 256 g/mol. The number of urea groups is 1. The number of carbonyl (C=O) groups excluding carboxylic acids is 1. The molecule has 0 aliphatic heterocycles. The number of nitrogens with zero attached hydrogens (tertiary/aromatic N) is 2. The highest BCUT2D eigenvalue weighted by Gasteiger charge is 2.29. The van der Waals surface area contributed by atoms with E-state index in [1.54, 1.807) is 11.9 Å². The van der Waals surface area contributed by atoms with Gasteiger partial charge < -0.3 is 14.9 Å². The van der Waals surface area contributed by atoms with Crippen LogP contribution >= 0.6 is 0 Å². The summed E-state index contributed by atoms with van der Waals surface area (Å²) in [4.78, 5) is 26.2. The fourth-order valence-electron chi connectivity index (χ4n) is 1.87. The Morgan fingerprint density at radius 3 is 2.39 bits per heavy atom. The van der Waals surface area contributed by atoms with Crippen LogP contribution in [-0.4, -0.2) is 53.1 Å². The predicted molar refractivity (Wildman–Crippen MR) is 69.5 cm³/mol. The van der Waals surface area contributed by atoms with Crippen molar-refractivity contribution in [3.63, 3.8) is 0 Å². The largest absolute Gasteiger partial charge is 0.481 e. The van der Waals surface area contributed by atoms with E-state index < -0.39 is 5.97 Å². The van der Waals surface area contributed by atoms with Crippen LogP contribution in [0.3, 0.4) is 0 Å². The number of carboxylic acids is 1. The van der Waals surface area contributed by atoms with Crippen LogP contribution in [0.2, 0.25) is 0 Å². The van der Waals surface area contributed by atoms with E-state index in [4.69, 9.17) is 5.11 Å². The molecule has 1 N–H and O–H groups in total. The van der Waals surface area contributed by atoms with Crippen molar-refractivity contribution in [2.24, 2.45) is 5.92 Å². The molecule has 5 nitrogen and oxygen atoms in total. The van der Waals surface area contributed by atoms with Gasteiger partial charge in [-0.05, 0) is 39.0 Å². The van der Waals surface area contributed by atoms with Crippen molar-refractivity contribution in [2.75, 3.05) is 20.1 Å². The van der Waals surface area contributed by atoms with Gasteiger partial charge in [-0.2, -0.15) is 0 Å². The molecule has 1 saturated carbocycles. The van der Waals surface area contributed by atoms with Gasteiger partial charge in [0.1, 0.15) is 0 Å². The van der Waals surface area contributed by atoms with Crippen LogP contribution in [0.4, 0.5) is 4.79 Å². The van der Waals surface area contributed by atoms with Crippen molar-refractivity contribution in [1.82, 2.24) is 9.80 Å². The summed E-state index contributed by atoms with van der Waals surface area (Å²) in [6, 6.07) is 0.210. The second kappa shape index (κ2) is 6.61. The highest BCUT2D eigenvalue weighted by Crippen LogP contribution is 2.30. The minimum Gasteiger partial charge on any atom is -0.481 e. The molecule has 1 rings (SSSR count). The molecule has 0 saturated heterocycles. The molecule has 0 spiro atoms. The second-order valence-electron chi connectivity index (χ2n) is 5.39. The summed E-state index contributed by atoms with van der Waals surface area (Å²) < 4.78 is 0. The van der Waals surface area contributed by atoms with E-state index in [0.29, 0.717) is 18.9 Å². The van der Waals surface area contributed by atoms with Gasteiger partial charge in [0.25, 0.3) is 0 Å². The summed E-state index contributed by atoms with van der Waals surface area (Å²) in [6.07, 6.45) is 3.06. The minimum absolute atomic E-state index is 0.0160. The maximum Gasteiger partial charge on any atom is 0.319 e. The second-order valence-corrected chi connectivity index (χ2v) is 5.39. The Labute approximate surface area is 109 Å². The predicted octanol–water partition coefficient (Wildman–Crippen LogP) is 2.02. The third kappa shape index (κ3) is 4.94. The summed E-state index contributed by atoms with van der Waals surface area (Å²) in [5, 5.41) is 8.58. The first-order valence-electron chi connectivity index (χ1n) is 6.65. The lowest BCUT2D eigenvalue weighted by Gasteiger charge is -2.31. The highest BCUT2D eigenvalue weighted by molar-refractivity contribution is 5.74. The molecular weight excluding hydrogens is 232 g/mol. The summed E-state index contributed by atoms with van der Waals surface area (Å²) in [5.74, 6) is -0.140. The lowest BCUT2D eigenvalue weighted by atomic mass is 10.2. The van der Waals surface area contributed by atoms with Crippen LogP contribution in [-0.2, 0) is 4.79 Å². The maximum atomic E-state index is 12.2. The Bertz CT molecular complexity index is 301. The van der Waals surface area contributed by atoms with Crippen molar-refractivity contribution in [2.45, 2.75) is 45.6 Å². The van der Waals surface area contributed by atoms with E-state index in [-0.39, 0.29) is 18.5 Å². The molecule has 1 fully saturated rings. The number of aliphatic carboxylic acids is 1. The van der Waals surface area contributed by atoms with Crippen LogP contribution < -0.4 is 0 Å². The lowest BCUT2D eigenvalue weighted by Crippen LogP contribution is -2.46. The van der Waals surface area contributed by atoms with Crippen molar-refractivity contribution < 1.29 is 14.7 Å². The molecule has 0 aromatic heterocycles. The molecule has 0 radical (unpaired) electrons. The SMILES string of the molecule is CC(C)N(CC1CC1)C(=O)N(C)CCCC(=O)O. The number of hydrogen-bond donors (Lipinski definition) is 1. The molecular formula is C13H24N2O3. The first-order valence-corrected chi connectivity index (χ1v) is 6.65. The average molecular weight is 256 g/mol. The number of hydrogen-bond acceptors (Lipinski definition) is 2. The van der Waals surface area contributed by atoms with Gasteiger partial charge in [-0.3, -0.25) is 4.79 Å². The zero-order valence-corrected chi connectivity index (χ0v) is 11.6. The molecule has 18 heavy (non-hydrogen) atoms. The molecule has 0 heterocycles. The van der Waals surface area contributed by atoms with Crippen LogP contribution in [0.1, 0.15) is 39.5 Å². The lowest BCUT2D eigenvalue weighted by molar-refractivity contribution is -0.137. The normalized spacial score (nSPS) is 14.7. The highest BCUT2D eigenvalue weighted by atomic mass is 16.4. The van der Waals surface area contributed by atoms with Crippen LogP contribution in [0.5, 0.6) is 0 Å². The van der Waals surface area contributed by atoms with Crippen molar-refractivity contribution in [3.8, 4) is 0 Å². The van der Waals surface area contributed by atoms with E-state index in [1.807, 2.05) is 18.7 Å². The molecule has 0 unspecified atom stereocenters. The van der Waals surface area contributed by atoms with E-state index >= 15 is 0 Å². The van der Waals surface area contributed by atoms with Gasteiger partial charge in [0.2, 0.25) is 0 Å². The van der Waals surface area contributed by atoms with Gasteiger partial charge in [0, 0.05) is 32.6 Å². The van der Waals surface area contributed by atoms with E-state index in [1.165, 1.54) is 12.8 Å². The van der Waals surface area contributed by atoms with Gasteiger partial charge in [0.15, 0.2) is 0 Å². The molecule has 104 valence electrons. The summed E-state index contributed by atoms with van der Waals surface area (Å²) >= 11 is 0. The first-order chi connectivity index (χ1) is 8.41. The summed E-state index contributed by atoms with van der Waals surface area (Å²) in [5.41, 5.74) is 0. The first kappa shape index (κ1) is 14.8. The Hall–Kier alpha value is -1.26. The third-order valence-corrected chi connectivity index (χ3v) is 3.23.